The van der Waals surface area contributed by atoms with Crippen molar-refractivity contribution in [2.45, 2.75) is 19.9 Å². The van der Waals surface area contributed by atoms with Crippen LogP contribution in [0.1, 0.15) is 22.3 Å². The zero-order valence-electron chi connectivity index (χ0n) is 19.8. The van der Waals surface area contributed by atoms with Gasteiger partial charge in [-0.2, -0.15) is 0 Å². The minimum absolute atomic E-state index is 0.0755. The monoisotopic (exact) mass is 499 g/mol. The van der Waals surface area contributed by atoms with E-state index in [0.29, 0.717) is 11.1 Å². The molecule has 0 heterocycles. The molecule has 3 aromatic rings. The molecule has 36 heavy (non-hydrogen) atoms. The van der Waals surface area contributed by atoms with Crippen molar-refractivity contribution in [3.05, 3.63) is 101 Å². The molecular weight excluding hydrogens is 475 g/mol. The second kappa shape index (κ2) is 11.9. The first-order valence-corrected chi connectivity index (χ1v) is 10.7. The van der Waals surface area contributed by atoms with Crippen molar-refractivity contribution in [2.75, 3.05) is 14.2 Å². The van der Waals surface area contributed by atoms with Crippen molar-refractivity contribution in [2.24, 2.45) is 5.16 Å². The summed E-state index contributed by atoms with van der Waals surface area (Å²) in [5.74, 6) is -1.40. The number of nitrogens with zero attached hydrogens (tertiary/aromatic N) is 1. The van der Waals surface area contributed by atoms with Gasteiger partial charge in [-0.25, -0.2) is 4.79 Å². The van der Waals surface area contributed by atoms with Crippen LogP contribution in [0.2, 0.25) is 0 Å². The lowest BCUT2D eigenvalue weighted by Crippen LogP contribution is -2.20. The summed E-state index contributed by atoms with van der Waals surface area (Å²) in [4.78, 5) is 17.5. The van der Waals surface area contributed by atoms with Crippen LogP contribution in [-0.2, 0) is 30.4 Å². The van der Waals surface area contributed by atoms with Gasteiger partial charge in [0, 0.05) is 11.1 Å². The standard InChI is InChI=1S/C27H24F3NO5/c1-18-8-7-11-22(24(16-33-2)26(32)34-3)23(18)17-35-31-25(36-27(28,29)30)21-14-12-20(13-15-21)19-9-5-4-6-10-19/h4-16H,17H2,1-3H3/b24-16+,31-25-. The number of aryl methyl sites for hydroxylation is 1. The molecule has 0 saturated heterocycles. The summed E-state index contributed by atoms with van der Waals surface area (Å²) in [6, 6.07) is 20.8. The molecule has 9 heteroatoms. The number of esters is 1. The normalized spacial score (nSPS) is 12.2. The summed E-state index contributed by atoms with van der Waals surface area (Å²) < 4.78 is 53.2. The van der Waals surface area contributed by atoms with E-state index in [1.54, 1.807) is 37.3 Å². The van der Waals surface area contributed by atoms with Gasteiger partial charge < -0.3 is 19.0 Å². The Labute approximate surface area is 206 Å². The van der Waals surface area contributed by atoms with Gasteiger partial charge in [0.1, 0.15) is 12.2 Å². The van der Waals surface area contributed by atoms with Gasteiger partial charge in [0.25, 0.3) is 5.90 Å². The number of oxime groups is 1. The van der Waals surface area contributed by atoms with E-state index >= 15 is 0 Å². The molecule has 0 spiro atoms. The number of hydrogen-bond acceptors (Lipinski definition) is 6. The van der Waals surface area contributed by atoms with Gasteiger partial charge in [-0.05, 0) is 46.5 Å². The lowest BCUT2D eigenvalue weighted by molar-refractivity contribution is -0.284. The van der Waals surface area contributed by atoms with E-state index in [0.717, 1.165) is 16.7 Å². The van der Waals surface area contributed by atoms with Gasteiger partial charge in [0.2, 0.25) is 0 Å². The van der Waals surface area contributed by atoms with Gasteiger partial charge in [-0.15, -0.1) is 13.2 Å². The van der Waals surface area contributed by atoms with E-state index in [9.17, 15) is 18.0 Å². The van der Waals surface area contributed by atoms with E-state index < -0.39 is 18.2 Å². The van der Waals surface area contributed by atoms with E-state index in [1.165, 1.54) is 32.6 Å². The third-order valence-electron chi connectivity index (χ3n) is 5.15. The first-order valence-electron chi connectivity index (χ1n) is 10.7. The Morgan fingerprint density at radius 3 is 2.19 bits per heavy atom. The topological polar surface area (TPSA) is 66.4 Å². The molecule has 0 bridgehead atoms. The maximum absolute atomic E-state index is 13.1. The summed E-state index contributed by atoms with van der Waals surface area (Å²) in [6.07, 6.45) is -3.76. The molecule has 0 unspecified atom stereocenters. The van der Waals surface area contributed by atoms with Crippen molar-refractivity contribution in [3.63, 3.8) is 0 Å². The molecule has 0 fully saturated rings. The summed E-state index contributed by atoms with van der Waals surface area (Å²) in [7, 11) is 2.61. The zero-order valence-corrected chi connectivity index (χ0v) is 19.8. The Balaban J connectivity index is 1.90. The largest absolute Gasteiger partial charge is 0.574 e. The van der Waals surface area contributed by atoms with Crippen LogP contribution >= 0.6 is 0 Å². The number of carbonyl (C=O) groups excluding carboxylic acids is 1. The Kier molecular flexibility index (Phi) is 8.72. The second-order valence-corrected chi connectivity index (χ2v) is 7.52. The molecule has 0 aliphatic carbocycles. The third-order valence-corrected chi connectivity index (χ3v) is 5.15. The zero-order chi connectivity index (χ0) is 26.1. The maximum atomic E-state index is 13.1. The fraction of sp³-hybridized carbons (Fsp3) is 0.185. The number of methoxy groups -OCH3 is 2. The van der Waals surface area contributed by atoms with Crippen LogP contribution in [0.25, 0.3) is 16.7 Å². The third kappa shape index (κ3) is 6.88. The maximum Gasteiger partial charge on any atom is 0.574 e. The fourth-order valence-corrected chi connectivity index (χ4v) is 3.43. The Morgan fingerprint density at radius 2 is 1.58 bits per heavy atom. The van der Waals surface area contributed by atoms with Crippen molar-refractivity contribution in [3.8, 4) is 11.1 Å². The Bertz CT molecular complexity index is 1240. The summed E-state index contributed by atoms with van der Waals surface area (Å²) in [6.45, 7) is 1.52. The molecule has 188 valence electrons. The molecule has 0 aliphatic rings. The SMILES string of the molecule is CO/C=C(/C(=O)OC)c1cccc(C)c1CO/N=C(\OC(F)(F)F)c1ccc(-c2ccccc2)cc1. The van der Waals surface area contributed by atoms with Crippen LogP contribution in [0, 0.1) is 6.92 Å². The summed E-state index contributed by atoms with van der Waals surface area (Å²) >= 11 is 0. The number of ether oxygens (including phenoxy) is 3. The second-order valence-electron chi connectivity index (χ2n) is 7.52. The van der Waals surface area contributed by atoms with Crippen LogP contribution in [-0.4, -0.2) is 32.4 Å². The number of alkyl halides is 3. The Hall–Kier alpha value is -4.27. The molecule has 0 amide bonds. The van der Waals surface area contributed by atoms with Crippen LogP contribution in [0.3, 0.4) is 0 Å². The molecular formula is C27H24F3NO5. The van der Waals surface area contributed by atoms with Crippen LogP contribution in [0.4, 0.5) is 13.2 Å². The molecule has 0 aliphatic heterocycles. The number of halogens is 3. The average molecular weight is 499 g/mol. The van der Waals surface area contributed by atoms with Gasteiger partial charge >= 0.3 is 12.3 Å². The molecule has 0 aromatic heterocycles. The molecule has 3 aromatic carbocycles. The highest BCUT2D eigenvalue weighted by atomic mass is 19.4. The van der Waals surface area contributed by atoms with Gasteiger partial charge in [0.05, 0.1) is 20.5 Å². The van der Waals surface area contributed by atoms with E-state index in [-0.39, 0.29) is 17.7 Å². The highest BCUT2D eigenvalue weighted by Crippen LogP contribution is 2.26. The van der Waals surface area contributed by atoms with Gasteiger partial charge in [-0.3, -0.25) is 0 Å². The van der Waals surface area contributed by atoms with Crippen LogP contribution < -0.4 is 0 Å². The smallest absolute Gasteiger partial charge is 0.503 e. The quantitative estimate of drug-likeness (QED) is 0.0917. The fourth-order valence-electron chi connectivity index (χ4n) is 3.43. The van der Waals surface area contributed by atoms with Gasteiger partial charge in [0.15, 0.2) is 0 Å². The van der Waals surface area contributed by atoms with E-state index in [1.807, 2.05) is 30.3 Å². The molecule has 0 saturated carbocycles. The molecule has 0 N–H and O–H groups in total. The molecule has 0 atom stereocenters. The number of hydrogen-bond donors (Lipinski definition) is 0. The molecule has 3 rings (SSSR count). The van der Waals surface area contributed by atoms with Crippen molar-refractivity contribution < 1.29 is 37.0 Å². The van der Waals surface area contributed by atoms with Crippen LogP contribution in [0.5, 0.6) is 0 Å². The summed E-state index contributed by atoms with van der Waals surface area (Å²) in [5.41, 5.74) is 3.59. The lowest BCUT2D eigenvalue weighted by Gasteiger charge is -2.15. The van der Waals surface area contributed by atoms with Crippen molar-refractivity contribution >= 4 is 17.4 Å². The first-order chi connectivity index (χ1) is 17.2. The number of benzene rings is 3. The molecule has 6 nitrogen and oxygen atoms in total. The molecule has 0 radical (unpaired) electrons. The lowest BCUT2D eigenvalue weighted by atomic mass is 9.97. The van der Waals surface area contributed by atoms with Crippen molar-refractivity contribution in [1.82, 2.24) is 0 Å². The Morgan fingerprint density at radius 1 is 0.917 bits per heavy atom. The minimum Gasteiger partial charge on any atom is -0.503 e. The van der Waals surface area contributed by atoms with E-state index in [2.05, 4.69) is 9.89 Å². The first kappa shape index (κ1) is 26.3. The van der Waals surface area contributed by atoms with Gasteiger partial charge in [-0.1, -0.05) is 60.7 Å². The summed E-state index contributed by atoms with van der Waals surface area (Å²) in [5, 5.41) is 3.64. The van der Waals surface area contributed by atoms with Crippen molar-refractivity contribution in [1.29, 1.82) is 0 Å². The number of rotatable bonds is 8. The number of carbonyl (C=O) groups is 1. The van der Waals surface area contributed by atoms with E-state index in [4.69, 9.17) is 14.3 Å². The van der Waals surface area contributed by atoms with Crippen LogP contribution in [0.15, 0.2) is 84.2 Å². The predicted molar refractivity (Wildman–Crippen MR) is 129 cm³/mol. The highest BCUT2D eigenvalue weighted by molar-refractivity contribution is 6.16. The highest BCUT2D eigenvalue weighted by Gasteiger charge is 2.34. The predicted octanol–water partition coefficient (Wildman–Crippen LogP) is 6.24. The average Bonchev–Trinajstić information content (AvgIpc) is 2.87. The minimum atomic E-state index is -4.98.